The third kappa shape index (κ3) is 3.79. The van der Waals surface area contributed by atoms with Gasteiger partial charge in [0, 0.05) is 32.2 Å². The Morgan fingerprint density at radius 3 is 2.58 bits per heavy atom. The summed E-state index contributed by atoms with van der Waals surface area (Å²) in [6.07, 6.45) is 3.38. The van der Waals surface area contributed by atoms with E-state index in [1.54, 1.807) is 18.0 Å². The topological polar surface area (TPSA) is 67.2 Å². The van der Waals surface area contributed by atoms with Crippen LogP contribution in [0.3, 0.4) is 0 Å². The van der Waals surface area contributed by atoms with E-state index in [0.29, 0.717) is 36.3 Å². The Morgan fingerprint density at radius 2 is 1.96 bits per heavy atom. The van der Waals surface area contributed by atoms with E-state index in [1.165, 1.54) is 11.1 Å². The Hall–Kier alpha value is -1.85. The number of aryl methyl sites for hydroxylation is 1. The highest BCUT2D eigenvalue weighted by Gasteiger charge is 2.29. The fraction of sp³-hybridized carbons (Fsp3) is 0.722. The van der Waals surface area contributed by atoms with Crippen molar-refractivity contribution in [1.82, 2.24) is 20.0 Å². The molecule has 2 rings (SSSR count). The van der Waals surface area contributed by atoms with E-state index >= 15 is 0 Å². The quantitative estimate of drug-likeness (QED) is 0.899. The number of carbonyl (C=O) groups is 2. The Kier molecular flexibility index (Phi) is 6.02. The van der Waals surface area contributed by atoms with Crippen LogP contribution in [0, 0.1) is 11.8 Å². The molecule has 0 unspecified atom stereocenters. The van der Waals surface area contributed by atoms with Crippen LogP contribution in [-0.2, 0) is 7.05 Å². The molecule has 6 nitrogen and oxygen atoms in total. The van der Waals surface area contributed by atoms with Crippen molar-refractivity contribution in [2.45, 2.75) is 53.0 Å². The molecule has 24 heavy (non-hydrogen) atoms. The van der Waals surface area contributed by atoms with Gasteiger partial charge in [-0.3, -0.25) is 14.3 Å². The average molecular weight is 334 g/mol. The molecule has 0 aromatic carbocycles. The molecule has 0 spiro atoms. The fourth-order valence-electron chi connectivity index (χ4n) is 3.49. The predicted molar refractivity (Wildman–Crippen MR) is 93.9 cm³/mol. The molecule has 1 heterocycles. The molecular formula is C18H30N4O2. The van der Waals surface area contributed by atoms with Gasteiger partial charge in [0.15, 0.2) is 5.69 Å². The average Bonchev–Trinajstić information content (AvgIpc) is 2.95. The molecule has 1 aromatic rings. The number of hydrogen-bond acceptors (Lipinski definition) is 3. The van der Waals surface area contributed by atoms with E-state index in [1.807, 2.05) is 13.8 Å². The molecule has 6 heteroatoms. The third-order valence-electron chi connectivity index (χ3n) is 5.41. The SMILES string of the molecule is CCN(CC)C(=O)c1cc(C(=O)N[C@@H]2CCC[C@H](C)[C@@H]2C)n(C)n1. The maximum atomic E-state index is 12.6. The van der Waals surface area contributed by atoms with E-state index < -0.39 is 0 Å². The normalized spacial score (nSPS) is 23.8. The first-order chi connectivity index (χ1) is 11.4. The number of aromatic nitrogens is 2. The molecule has 0 saturated heterocycles. The molecule has 3 atom stereocenters. The highest BCUT2D eigenvalue weighted by molar-refractivity contribution is 5.98. The molecule has 1 aliphatic rings. The maximum absolute atomic E-state index is 12.6. The van der Waals surface area contributed by atoms with Crippen molar-refractivity contribution in [3.05, 3.63) is 17.5 Å². The van der Waals surface area contributed by atoms with Gasteiger partial charge < -0.3 is 10.2 Å². The molecule has 1 aliphatic carbocycles. The predicted octanol–water partition coefficient (Wildman–Crippen LogP) is 2.46. The van der Waals surface area contributed by atoms with E-state index in [4.69, 9.17) is 0 Å². The van der Waals surface area contributed by atoms with Gasteiger partial charge in [-0.25, -0.2) is 0 Å². The number of hydrogen-bond donors (Lipinski definition) is 1. The van der Waals surface area contributed by atoms with Crippen LogP contribution in [0.25, 0.3) is 0 Å². The van der Waals surface area contributed by atoms with E-state index in [9.17, 15) is 9.59 Å². The minimum absolute atomic E-state index is 0.130. The van der Waals surface area contributed by atoms with Crippen LogP contribution < -0.4 is 5.32 Å². The second kappa shape index (κ2) is 7.81. The molecular weight excluding hydrogens is 304 g/mol. The number of nitrogens with zero attached hydrogens (tertiary/aromatic N) is 3. The monoisotopic (exact) mass is 334 g/mol. The summed E-state index contributed by atoms with van der Waals surface area (Å²) >= 11 is 0. The molecule has 2 amide bonds. The lowest BCUT2D eigenvalue weighted by Gasteiger charge is -2.34. The lowest BCUT2D eigenvalue weighted by Crippen LogP contribution is -2.44. The van der Waals surface area contributed by atoms with Crippen molar-refractivity contribution in [2.24, 2.45) is 18.9 Å². The third-order valence-corrected chi connectivity index (χ3v) is 5.41. The molecule has 1 fully saturated rings. The number of amides is 2. The fourth-order valence-corrected chi connectivity index (χ4v) is 3.49. The summed E-state index contributed by atoms with van der Waals surface area (Å²) in [5, 5.41) is 7.38. The highest BCUT2D eigenvalue weighted by Crippen LogP contribution is 2.29. The van der Waals surface area contributed by atoms with Gasteiger partial charge in [0.05, 0.1) is 0 Å². The summed E-state index contributed by atoms with van der Waals surface area (Å²) in [7, 11) is 1.71. The first-order valence-corrected chi connectivity index (χ1v) is 9.03. The summed E-state index contributed by atoms with van der Waals surface area (Å²) in [5.41, 5.74) is 0.771. The van der Waals surface area contributed by atoms with Gasteiger partial charge in [-0.1, -0.05) is 26.7 Å². The minimum atomic E-state index is -0.144. The highest BCUT2D eigenvalue weighted by atomic mass is 16.2. The van der Waals surface area contributed by atoms with E-state index in [2.05, 4.69) is 24.3 Å². The van der Waals surface area contributed by atoms with Crippen molar-refractivity contribution in [2.75, 3.05) is 13.1 Å². The molecule has 0 radical (unpaired) electrons. The first-order valence-electron chi connectivity index (χ1n) is 9.03. The first kappa shape index (κ1) is 18.5. The van der Waals surface area contributed by atoms with Crippen LogP contribution >= 0.6 is 0 Å². The zero-order valence-electron chi connectivity index (χ0n) is 15.5. The van der Waals surface area contributed by atoms with Crippen molar-refractivity contribution >= 4 is 11.8 Å². The Bertz CT molecular complexity index is 592. The summed E-state index contributed by atoms with van der Waals surface area (Å²) in [4.78, 5) is 26.7. The zero-order chi connectivity index (χ0) is 17.9. The Balaban J connectivity index is 2.11. The van der Waals surface area contributed by atoms with Crippen molar-refractivity contribution < 1.29 is 9.59 Å². The maximum Gasteiger partial charge on any atom is 0.274 e. The molecule has 0 aliphatic heterocycles. The van der Waals surface area contributed by atoms with Gasteiger partial charge >= 0.3 is 0 Å². The van der Waals surface area contributed by atoms with Crippen LogP contribution in [0.5, 0.6) is 0 Å². The summed E-state index contributed by atoms with van der Waals surface area (Å²) in [5.74, 6) is 0.812. The van der Waals surface area contributed by atoms with Gasteiger partial charge in [0.25, 0.3) is 11.8 Å². The lowest BCUT2D eigenvalue weighted by atomic mass is 9.78. The Labute approximate surface area is 144 Å². The van der Waals surface area contributed by atoms with Crippen molar-refractivity contribution in [3.8, 4) is 0 Å². The Morgan fingerprint density at radius 1 is 1.29 bits per heavy atom. The van der Waals surface area contributed by atoms with Gasteiger partial charge in [-0.2, -0.15) is 5.10 Å². The van der Waals surface area contributed by atoms with Crippen LogP contribution in [-0.4, -0.2) is 45.6 Å². The number of nitrogens with one attached hydrogen (secondary N) is 1. The molecule has 134 valence electrons. The molecule has 1 N–H and O–H groups in total. The summed E-state index contributed by atoms with van der Waals surface area (Å²) < 4.78 is 1.50. The minimum Gasteiger partial charge on any atom is -0.348 e. The molecule has 0 bridgehead atoms. The second-order valence-corrected chi connectivity index (χ2v) is 6.86. The van der Waals surface area contributed by atoms with Crippen LogP contribution in [0.2, 0.25) is 0 Å². The van der Waals surface area contributed by atoms with Crippen LogP contribution in [0.1, 0.15) is 67.9 Å². The largest absolute Gasteiger partial charge is 0.348 e. The second-order valence-electron chi connectivity index (χ2n) is 6.86. The summed E-state index contributed by atoms with van der Waals surface area (Å²) in [6.45, 7) is 9.57. The molecule has 1 aromatic heterocycles. The van der Waals surface area contributed by atoms with Crippen molar-refractivity contribution in [3.63, 3.8) is 0 Å². The number of carbonyl (C=O) groups excluding carboxylic acids is 2. The van der Waals surface area contributed by atoms with Crippen LogP contribution in [0.4, 0.5) is 0 Å². The van der Waals surface area contributed by atoms with Gasteiger partial charge in [0.2, 0.25) is 0 Å². The molecule has 1 saturated carbocycles. The van der Waals surface area contributed by atoms with Gasteiger partial charge in [0.1, 0.15) is 5.69 Å². The standard InChI is InChI=1S/C18H30N4O2/c1-6-22(7-2)18(24)15-11-16(21(5)20-15)17(23)19-14-10-8-9-12(3)13(14)4/h11-14H,6-10H2,1-5H3,(H,19,23)/t12-,13-,14+/m0/s1. The van der Waals surface area contributed by atoms with Crippen molar-refractivity contribution in [1.29, 1.82) is 0 Å². The summed E-state index contributed by atoms with van der Waals surface area (Å²) in [6, 6.07) is 1.80. The van der Waals surface area contributed by atoms with Crippen LogP contribution in [0.15, 0.2) is 6.07 Å². The van der Waals surface area contributed by atoms with E-state index in [-0.39, 0.29) is 17.9 Å². The number of rotatable bonds is 5. The van der Waals surface area contributed by atoms with E-state index in [0.717, 1.165) is 12.8 Å². The van der Waals surface area contributed by atoms with Gasteiger partial charge in [-0.15, -0.1) is 0 Å². The smallest absolute Gasteiger partial charge is 0.274 e. The lowest BCUT2D eigenvalue weighted by molar-refractivity contribution is 0.0766. The zero-order valence-corrected chi connectivity index (χ0v) is 15.5. The van der Waals surface area contributed by atoms with Gasteiger partial charge in [-0.05, 0) is 32.1 Å².